The Labute approximate surface area is 202 Å². The molecule has 4 aromatic rings. The van der Waals surface area contributed by atoms with Crippen molar-refractivity contribution in [3.63, 3.8) is 0 Å². The van der Waals surface area contributed by atoms with E-state index in [1.165, 1.54) is 7.11 Å². The SMILES string of the molecule is COC(=O)c1cccc(-c2ccc(C3C(c4ccccn4)NC(=S)N3Cc3ccccn3)o2)c1. The van der Waals surface area contributed by atoms with Crippen LogP contribution in [0.3, 0.4) is 0 Å². The van der Waals surface area contributed by atoms with E-state index in [2.05, 4.69) is 20.2 Å². The average Bonchev–Trinajstić information content (AvgIpc) is 3.50. The maximum Gasteiger partial charge on any atom is 0.337 e. The lowest BCUT2D eigenvalue weighted by atomic mass is 10.0. The van der Waals surface area contributed by atoms with Crippen LogP contribution in [0, 0.1) is 0 Å². The van der Waals surface area contributed by atoms with Crippen LogP contribution in [0.4, 0.5) is 0 Å². The Bertz CT molecular complexity index is 1310. The number of ether oxygens (including phenoxy) is 1. The number of hydrogen-bond acceptors (Lipinski definition) is 6. The lowest BCUT2D eigenvalue weighted by Crippen LogP contribution is -2.29. The summed E-state index contributed by atoms with van der Waals surface area (Å²) in [7, 11) is 1.37. The number of furan rings is 1. The number of aromatic nitrogens is 2. The first-order valence-electron chi connectivity index (χ1n) is 10.8. The van der Waals surface area contributed by atoms with Crippen molar-refractivity contribution in [2.24, 2.45) is 0 Å². The van der Waals surface area contributed by atoms with Crippen molar-refractivity contribution in [3.8, 4) is 11.3 Å². The lowest BCUT2D eigenvalue weighted by molar-refractivity contribution is 0.0601. The van der Waals surface area contributed by atoms with Crippen LogP contribution in [-0.2, 0) is 11.3 Å². The number of thiocarbonyl (C=S) groups is 1. The second-order valence-corrected chi connectivity index (χ2v) is 8.24. The molecule has 0 aliphatic carbocycles. The third kappa shape index (κ3) is 4.27. The molecule has 1 N–H and O–H groups in total. The van der Waals surface area contributed by atoms with Crippen molar-refractivity contribution < 1.29 is 13.9 Å². The van der Waals surface area contributed by atoms with Crippen molar-refractivity contribution in [1.29, 1.82) is 0 Å². The third-order valence-electron chi connectivity index (χ3n) is 5.74. The van der Waals surface area contributed by atoms with Crippen LogP contribution in [0.1, 0.15) is 39.6 Å². The number of hydrogen-bond donors (Lipinski definition) is 1. The predicted molar refractivity (Wildman–Crippen MR) is 131 cm³/mol. The number of nitrogens with one attached hydrogen (secondary N) is 1. The highest BCUT2D eigenvalue weighted by molar-refractivity contribution is 7.80. The van der Waals surface area contributed by atoms with Gasteiger partial charge in [-0.1, -0.05) is 24.3 Å². The topological polar surface area (TPSA) is 80.5 Å². The molecule has 1 aliphatic rings. The minimum atomic E-state index is -0.393. The molecule has 1 aliphatic heterocycles. The van der Waals surface area contributed by atoms with Gasteiger partial charge in [0.1, 0.15) is 17.6 Å². The molecular weight excluding hydrogens is 448 g/mol. The van der Waals surface area contributed by atoms with Gasteiger partial charge in [-0.15, -0.1) is 0 Å². The third-order valence-corrected chi connectivity index (χ3v) is 6.10. The van der Waals surface area contributed by atoms with Gasteiger partial charge in [0.2, 0.25) is 0 Å². The molecule has 1 saturated heterocycles. The van der Waals surface area contributed by atoms with Crippen LogP contribution >= 0.6 is 12.2 Å². The van der Waals surface area contributed by atoms with Crippen molar-refractivity contribution >= 4 is 23.3 Å². The maximum atomic E-state index is 12.0. The van der Waals surface area contributed by atoms with Crippen molar-refractivity contribution in [3.05, 3.63) is 108 Å². The number of esters is 1. The predicted octanol–water partition coefficient (Wildman–Crippen LogP) is 4.70. The molecule has 0 saturated carbocycles. The van der Waals surface area contributed by atoms with Gasteiger partial charge in [-0.2, -0.15) is 0 Å². The summed E-state index contributed by atoms with van der Waals surface area (Å²) in [5, 5.41) is 4.02. The fraction of sp³-hybridized carbons (Fsp3) is 0.154. The molecule has 2 atom stereocenters. The van der Waals surface area contributed by atoms with Gasteiger partial charge in [0.05, 0.1) is 36.6 Å². The zero-order chi connectivity index (χ0) is 23.5. The van der Waals surface area contributed by atoms with Crippen LogP contribution < -0.4 is 5.32 Å². The quantitative estimate of drug-likeness (QED) is 0.321. The van der Waals surface area contributed by atoms with Gasteiger partial charge in [0.15, 0.2) is 5.11 Å². The normalized spacial score (nSPS) is 17.4. The first-order valence-corrected chi connectivity index (χ1v) is 11.2. The fourth-order valence-corrected chi connectivity index (χ4v) is 4.44. The second kappa shape index (κ2) is 9.44. The first kappa shape index (κ1) is 21.8. The summed E-state index contributed by atoms with van der Waals surface area (Å²) in [6.45, 7) is 0.522. The molecule has 7 nitrogen and oxygen atoms in total. The van der Waals surface area contributed by atoms with Crippen molar-refractivity contribution in [2.45, 2.75) is 18.6 Å². The van der Waals surface area contributed by atoms with E-state index < -0.39 is 5.97 Å². The Morgan fingerprint density at radius 3 is 2.62 bits per heavy atom. The van der Waals surface area contributed by atoms with Gasteiger partial charge in [-0.05, 0) is 60.7 Å². The number of carbonyl (C=O) groups is 1. The summed E-state index contributed by atoms with van der Waals surface area (Å²) in [6, 6.07) is 22.2. The molecule has 2 unspecified atom stereocenters. The van der Waals surface area contributed by atoms with Gasteiger partial charge in [-0.3, -0.25) is 9.97 Å². The first-order chi connectivity index (χ1) is 16.6. The van der Waals surface area contributed by atoms with E-state index in [1.807, 2.05) is 54.6 Å². The number of rotatable bonds is 6. The molecule has 3 aromatic heterocycles. The molecule has 8 heteroatoms. The zero-order valence-electron chi connectivity index (χ0n) is 18.4. The number of methoxy groups -OCH3 is 1. The Hall–Kier alpha value is -4.04. The Balaban J connectivity index is 1.52. The highest BCUT2D eigenvalue weighted by Gasteiger charge is 2.41. The van der Waals surface area contributed by atoms with E-state index in [4.69, 9.17) is 21.4 Å². The smallest absolute Gasteiger partial charge is 0.337 e. The van der Waals surface area contributed by atoms with Crippen LogP contribution in [0.15, 0.2) is 89.6 Å². The Kier molecular flexibility index (Phi) is 6.05. The molecule has 4 heterocycles. The van der Waals surface area contributed by atoms with E-state index in [0.29, 0.717) is 23.0 Å². The van der Waals surface area contributed by atoms with Crippen LogP contribution in [0.25, 0.3) is 11.3 Å². The molecule has 0 bridgehead atoms. The standard InChI is InChI=1S/C26H22N4O3S/c1-32-25(31)18-8-6-7-17(15-18)21-11-12-22(33-21)24-23(20-10-3-5-14-28-20)29-26(34)30(24)16-19-9-2-4-13-27-19/h2-15,23-24H,16H2,1H3,(H,29,34). The van der Waals surface area contributed by atoms with Gasteiger partial charge < -0.3 is 19.4 Å². The minimum Gasteiger partial charge on any atom is -0.465 e. The highest BCUT2D eigenvalue weighted by Crippen LogP contribution is 2.41. The summed E-state index contributed by atoms with van der Waals surface area (Å²) >= 11 is 5.72. The van der Waals surface area contributed by atoms with Gasteiger partial charge in [0, 0.05) is 18.0 Å². The highest BCUT2D eigenvalue weighted by atomic mass is 32.1. The molecule has 34 heavy (non-hydrogen) atoms. The minimum absolute atomic E-state index is 0.196. The molecule has 5 rings (SSSR count). The van der Waals surface area contributed by atoms with Gasteiger partial charge >= 0.3 is 5.97 Å². The van der Waals surface area contributed by atoms with E-state index in [1.54, 1.807) is 30.6 Å². The summed E-state index contributed by atoms with van der Waals surface area (Å²) in [5.41, 5.74) is 3.01. The van der Waals surface area contributed by atoms with Gasteiger partial charge in [0.25, 0.3) is 0 Å². The average molecular weight is 471 g/mol. The molecule has 170 valence electrons. The molecule has 0 spiro atoms. The fourth-order valence-electron chi connectivity index (χ4n) is 4.14. The summed E-state index contributed by atoms with van der Waals surface area (Å²) in [5.74, 6) is 0.990. The van der Waals surface area contributed by atoms with Crippen LogP contribution in [0.2, 0.25) is 0 Å². The molecular formula is C26H22N4O3S. The largest absolute Gasteiger partial charge is 0.465 e. The van der Waals surface area contributed by atoms with Gasteiger partial charge in [-0.25, -0.2) is 4.79 Å². The number of pyridine rings is 2. The Morgan fingerprint density at radius 1 is 1.06 bits per heavy atom. The molecule has 0 amide bonds. The second-order valence-electron chi connectivity index (χ2n) is 7.85. The van der Waals surface area contributed by atoms with Crippen LogP contribution in [0.5, 0.6) is 0 Å². The maximum absolute atomic E-state index is 12.0. The van der Waals surface area contributed by atoms with Crippen LogP contribution in [-0.4, -0.2) is 33.1 Å². The molecule has 1 aromatic carbocycles. The zero-order valence-corrected chi connectivity index (χ0v) is 19.2. The lowest BCUT2D eigenvalue weighted by Gasteiger charge is -2.25. The molecule has 1 fully saturated rings. The number of nitrogens with zero attached hydrogens (tertiary/aromatic N) is 3. The van der Waals surface area contributed by atoms with E-state index >= 15 is 0 Å². The molecule has 0 radical (unpaired) electrons. The monoisotopic (exact) mass is 470 g/mol. The van der Waals surface area contributed by atoms with E-state index in [-0.39, 0.29) is 12.1 Å². The summed E-state index contributed by atoms with van der Waals surface area (Å²) in [4.78, 5) is 23.1. The Morgan fingerprint density at radius 2 is 1.88 bits per heavy atom. The number of benzene rings is 1. The van der Waals surface area contributed by atoms with Crippen molar-refractivity contribution in [2.75, 3.05) is 7.11 Å². The van der Waals surface area contributed by atoms with E-state index in [0.717, 1.165) is 22.7 Å². The number of carbonyl (C=O) groups excluding carboxylic acids is 1. The summed E-state index contributed by atoms with van der Waals surface area (Å²) in [6.07, 6.45) is 3.54. The summed E-state index contributed by atoms with van der Waals surface area (Å²) < 4.78 is 11.2. The van der Waals surface area contributed by atoms with Crippen molar-refractivity contribution in [1.82, 2.24) is 20.2 Å². The van der Waals surface area contributed by atoms with E-state index in [9.17, 15) is 4.79 Å².